The van der Waals surface area contributed by atoms with Gasteiger partial charge in [0.05, 0.1) is 45.9 Å². The fourth-order valence-corrected chi connectivity index (χ4v) is 6.89. The van der Waals surface area contributed by atoms with E-state index in [1.54, 1.807) is 12.3 Å². The van der Waals surface area contributed by atoms with Crippen LogP contribution >= 0.6 is 11.3 Å². The monoisotopic (exact) mass is 614 g/mol. The summed E-state index contributed by atoms with van der Waals surface area (Å²) in [6, 6.07) is 7.72. The van der Waals surface area contributed by atoms with Crippen molar-refractivity contribution in [1.82, 2.24) is 14.9 Å². The van der Waals surface area contributed by atoms with Crippen LogP contribution in [0.15, 0.2) is 24.4 Å². The third kappa shape index (κ3) is 5.16. The quantitative estimate of drug-likeness (QED) is 0.410. The second-order valence-corrected chi connectivity index (χ2v) is 12.4. The van der Waals surface area contributed by atoms with E-state index in [2.05, 4.69) is 20.9 Å². The van der Waals surface area contributed by atoms with Crippen LogP contribution in [0.3, 0.4) is 0 Å². The number of halogens is 3. The fourth-order valence-electron chi connectivity index (χ4n) is 5.76. The minimum Gasteiger partial charge on any atom is -0.475 e. The van der Waals surface area contributed by atoms with Gasteiger partial charge in [0.2, 0.25) is 17.7 Å². The van der Waals surface area contributed by atoms with E-state index in [4.69, 9.17) is 15.6 Å². The molecular formula is C28H25F3N6O5S. The zero-order valence-electron chi connectivity index (χ0n) is 23.1. The zero-order valence-corrected chi connectivity index (χ0v) is 23.9. The van der Waals surface area contributed by atoms with Crippen LogP contribution in [0.25, 0.3) is 21.3 Å². The molecule has 1 saturated carbocycles. The van der Waals surface area contributed by atoms with Gasteiger partial charge in [-0.15, -0.1) is 11.3 Å². The summed E-state index contributed by atoms with van der Waals surface area (Å²) in [7, 11) is 0. The SMILES string of the molecule is Cc1nc(C#N)cc(-c2ccnc3cc(CN4C(=O)C5C(C4=O)C5(C)C)sc23)c1N1CC(C(N)=O)C1.O=C(O)C(F)(F)F. The van der Waals surface area contributed by atoms with E-state index < -0.39 is 12.1 Å². The maximum Gasteiger partial charge on any atom is 0.490 e. The Hall–Kier alpha value is -4.58. The maximum atomic E-state index is 12.8. The van der Waals surface area contributed by atoms with Crippen molar-refractivity contribution in [3.63, 3.8) is 0 Å². The highest BCUT2D eigenvalue weighted by Crippen LogP contribution is 2.63. The largest absolute Gasteiger partial charge is 0.490 e. The van der Waals surface area contributed by atoms with E-state index in [0.29, 0.717) is 24.5 Å². The Kier molecular flexibility index (Phi) is 7.16. The summed E-state index contributed by atoms with van der Waals surface area (Å²) in [5.41, 5.74) is 9.58. The number of aromatic nitrogens is 2. The topological polar surface area (TPSA) is 171 Å². The number of hydrogen-bond donors (Lipinski definition) is 2. The van der Waals surface area contributed by atoms with Crippen molar-refractivity contribution in [3.8, 4) is 17.2 Å². The Morgan fingerprint density at radius 1 is 1.19 bits per heavy atom. The van der Waals surface area contributed by atoms with E-state index in [0.717, 1.165) is 31.9 Å². The number of carboxylic acid groups (broad SMARTS) is 1. The number of aryl methyl sites for hydroxylation is 1. The van der Waals surface area contributed by atoms with Crippen LogP contribution in [-0.2, 0) is 25.7 Å². The standard InChI is InChI=1S/C26H24N6O3S.C2HF3O2/c1-12-21(31-9-13(10-31)23(28)33)17(6-14(8-27)30-12)16-4-5-29-18-7-15(36-22(16)18)11-32-24(34)19-20(25(32)35)26(19,2)3;3-2(4,5)1(6)7/h4-7,13,19-20H,9-11H2,1-3H3,(H2,28,33);(H,6,7). The van der Waals surface area contributed by atoms with E-state index >= 15 is 0 Å². The van der Waals surface area contributed by atoms with E-state index in [1.807, 2.05) is 32.9 Å². The first kappa shape index (κ1) is 29.9. The number of amides is 3. The summed E-state index contributed by atoms with van der Waals surface area (Å²) in [6.45, 7) is 7.03. The average Bonchev–Trinajstić information content (AvgIpc) is 3.13. The molecule has 0 spiro atoms. The first-order valence-corrected chi connectivity index (χ1v) is 13.9. The minimum absolute atomic E-state index is 0.0897. The number of carbonyl (C=O) groups excluding carboxylic acids is 3. The van der Waals surface area contributed by atoms with Crippen molar-refractivity contribution in [1.29, 1.82) is 5.26 Å². The van der Waals surface area contributed by atoms with Crippen LogP contribution in [-0.4, -0.2) is 62.9 Å². The number of piperidine rings is 1. The molecule has 3 N–H and O–H groups in total. The van der Waals surface area contributed by atoms with Gasteiger partial charge in [-0.05, 0) is 30.5 Å². The predicted molar refractivity (Wildman–Crippen MR) is 147 cm³/mol. The minimum atomic E-state index is -5.08. The summed E-state index contributed by atoms with van der Waals surface area (Å²) in [5.74, 6) is -3.89. The van der Waals surface area contributed by atoms with Crippen LogP contribution < -0.4 is 10.6 Å². The Morgan fingerprint density at radius 2 is 1.79 bits per heavy atom. The molecule has 0 radical (unpaired) electrons. The number of nitrogens with two attached hydrogens (primary N) is 1. The molecule has 1 aliphatic carbocycles. The number of hydrogen-bond acceptors (Lipinski definition) is 9. The molecule has 11 nitrogen and oxygen atoms in total. The van der Waals surface area contributed by atoms with Crippen molar-refractivity contribution < 1.29 is 37.5 Å². The lowest BCUT2D eigenvalue weighted by atomic mass is 9.94. The number of carbonyl (C=O) groups is 4. The third-order valence-electron chi connectivity index (χ3n) is 8.08. The van der Waals surface area contributed by atoms with E-state index in [9.17, 15) is 32.8 Å². The summed E-state index contributed by atoms with van der Waals surface area (Å²) < 4.78 is 32.6. The molecule has 2 saturated heterocycles. The second-order valence-electron chi connectivity index (χ2n) is 11.2. The molecule has 3 aromatic rings. The van der Waals surface area contributed by atoms with Crippen LogP contribution in [0, 0.1) is 41.4 Å². The number of alkyl halides is 3. The first-order valence-electron chi connectivity index (χ1n) is 13.0. The molecule has 3 fully saturated rings. The molecule has 2 aliphatic heterocycles. The third-order valence-corrected chi connectivity index (χ3v) is 9.23. The molecule has 3 amide bonds. The normalized spacial score (nSPS) is 20.7. The molecule has 5 heterocycles. The van der Waals surface area contributed by atoms with Crippen LogP contribution in [0.1, 0.15) is 30.1 Å². The lowest BCUT2D eigenvalue weighted by molar-refractivity contribution is -0.192. The molecule has 0 bridgehead atoms. The fraction of sp³-hybridized carbons (Fsp3) is 0.393. The Balaban J connectivity index is 0.000000472. The number of anilines is 1. The molecule has 15 heteroatoms. The number of nitriles is 1. The van der Waals surface area contributed by atoms with Gasteiger partial charge in [0.25, 0.3) is 0 Å². The molecule has 6 rings (SSSR count). The summed E-state index contributed by atoms with van der Waals surface area (Å²) in [5, 5.41) is 16.7. The highest BCUT2D eigenvalue weighted by molar-refractivity contribution is 7.19. The lowest BCUT2D eigenvalue weighted by Gasteiger charge is -2.41. The van der Waals surface area contributed by atoms with Gasteiger partial charge in [-0.25, -0.2) is 9.78 Å². The molecular weight excluding hydrogens is 589 g/mol. The van der Waals surface area contributed by atoms with E-state index in [1.165, 1.54) is 16.2 Å². The molecule has 0 aromatic carbocycles. The number of rotatable bonds is 5. The number of pyridine rings is 2. The van der Waals surface area contributed by atoms with Crippen molar-refractivity contribution in [2.75, 3.05) is 18.0 Å². The molecule has 3 aliphatic rings. The Labute approximate surface area is 246 Å². The summed E-state index contributed by atoms with van der Waals surface area (Å²) in [4.78, 5) is 59.4. The van der Waals surface area contributed by atoms with Gasteiger partial charge in [0, 0.05) is 35.3 Å². The van der Waals surface area contributed by atoms with Crippen molar-refractivity contribution >= 4 is 50.9 Å². The second kappa shape index (κ2) is 10.3. The molecule has 2 unspecified atom stereocenters. The van der Waals surface area contributed by atoms with Gasteiger partial charge < -0.3 is 15.7 Å². The number of imide groups is 1. The van der Waals surface area contributed by atoms with Crippen LogP contribution in [0.5, 0.6) is 0 Å². The summed E-state index contributed by atoms with van der Waals surface area (Å²) >= 11 is 1.49. The number of likely N-dealkylation sites (tertiary alicyclic amines) is 1. The molecule has 43 heavy (non-hydrogen) atoms. The number of aliphatic carboxylic acids is 1. The lowest BCUT2D eigenvalue weighted by Crippen LogP contribution is -2.53. The van der Waals surface area contributed by atoms with Gasteiger partial charge in [0.1, 0.15) is 11.8 Å². The molecule has 2 atom stereocenters. The van der Waals surface area contributed by atoms with Crippen molar-refractivity contribution in [2.45, 2.75) is 33.5 Å². The number of primary amides is 1. The van der Waals surface area contributed by atoms with Gasteiger partial charge in [0.15, 0.2) is 0 Å². The predicted octanol–water partition coefficient (Wildman–Crippen LogP) is 3.23. The Bertz CT molecular complexity index is 1720. The van der Waals surface area contributed by atoms with Gasteiger partial charge >= 0.3 is 12.1 Å². The highest BCUT2D eigenvalue weighted by Gasteiger charge is 2.72. The van der Waals surface area contributed by atoms with Crippen molar-refractivity contribution in [2.24, 2.45) is 28.9 Å². The summed E-state index contributed by atoms with van der Waals surface area (Å²) in [6.07, 6.45) is -3.37. The zero-order chi connectivity index (χ0) is 31.6. The first-order chi connectivity index (χ1) is 20.1. The van der Waals surface area contributed by atoms with Gasteiger partial charge in [-0.2, -0.15) is 18.4 Å². The van der Waals surface area contributed by atoms with E-state index in [-0.39, 0.29) is 47.4 Å². The number of nitrogens with zero attached hydrogens (tertiary/aromatic N) is 5. The Morgan fingerprint density at radius 3 is 2.33 bits per heavy atom. The number of fused-ring (bicyclic) bond motifs is 2. The number of thiophene rings is 1. The van der Waals surface area contributed by atoms with Crippen LogP contribution in [0.4, 0.5) is 18.9 Å². The van der Waals surface area contributed by atoms with Gasteiger partial charge in [-0.3, -0.25) is 24.3 Å². The highest BCUT2D eigenvalue weighted by atomic mass is 32.1. The average molecular weight is 615 g/mol. The molecule has 224 valence electrons. The smallest absolute Gasteiger partial charge is 0.475 e. The number of carboxylic acids is 1. The van der Waals surface area contributed by atoms with Crippen molar-refractivity contribution in [3.05, 3.63) is 40.7 Å². The molecule has 3 aromatic heterocycles. The van der Waals surface area contributed by atoms with Gasteiger partial charge in [-0.1, -0.05) is 13.8 Å². The van der Waals surface area contributed by atoms with Crippen LogP contribution in [0.2, 0.25) is 0 Å². The maximum absolute atomic E-state index is 12.8.